The Labute approximate surface area is 174 Å². The van der Waals surface area contributed by atoms with Crippen LogP contribution in [-0.2, 0) is 9.59 Å². The van der Waals surface area contributed by atoms with Gasteiger partial charge in [0.25, 0.3) is 0 Å². The molecular weight excluding hydrogens is 368 g/mol. The quantitative estimate of drug-likeness (QED) is 0.226. The van der Waals surface area contributed by atoms with E-state index in [9.17, 15) is 14.7 Å². The summed E-state index contributed by atoms with van der Waals surface area (Å²) in [5, 5.41) is 16.4. The van der Waals surface area contributed by atoms with Crippen LogP contribution in [0.4, 0.5) is 17.1 Å². The minimum Gasteiger partial charge on any atom is -0.861 e. The molecule has 29 heavy (non-hydrogen) atoms. The summed E-state index contributed by atoms with van der Waals surface area (Å²) in [5.41, 5.74) is -0.0485. The smallest absolute Gasteiger partial charge is 0.243 e. The van der Waals surface area contributed by atoms with Crippen molar-refractivity contribution in [3.05, 3.63) is 18.2 Å². The normalized spacial score (nSPS) is 12.8. The third-order valence-corrected chi connectivity index (χ3v) is 5.36. The second kappa shape index (κ2) is 9.39. The summed E-state index contributed by atoms with van der Waals surface area (Å²) < 4.78 is 0. The van der Waals surface area contributed by atoms with Gasteiger partial charge in [-0.1, -0.05) is 55.4 Å². The maximum Gasteiger partial charge on any atom is 0.243 e. The number of anilines is 2. The van der Waals surface area contributed by atoms with E-state index in [4.69, 9.17) is 5.84 Å². The topological polar surface area (TPSA) is 111 Å². The predicted octanol–water partition coefficient (Wildman–Crippen LogP) is 3.75. The summed E-state index contributed by atoms with van der Waals surface area (Å²) in [6.07, 6.45) is 1.30. The average molecular weight is 404 g/mol. The van der Waals surface area contributed by atoms with E-state index in [1.54, 1.807) is 32.0 Å². The molecule has 0 fully saturated rings. The van der Waals surface area contributed by atoms with Gasteiger partial charge in [-0.2, -0.15) is 0 Å². The number of hydrogen-bond acceptors (Lipinski definition) is 5. The maximum atomic E-state index is 12.6. The van der Waals surface area contributed by atoms with E-state index < -0.39 is 10.8 Å². The van der Waals surface area contributed by atoms with E-state index in [1.807, 2.05) is 41.5 Å². The van der Waals surface area contributed by atoms with Crippen molar-refractivity contribution in [3.8, 4) is 0 Å². The van der Waals surface area contributed by atoms with Gasteiger partial charge in [-0.15, -0.1) is 0 Å². The Kier molecular flexibility index (Phi) is 7.98. The fraction of sp³-hybridized carbons (Fsp3) is 0.591. The van der Waals surface area contributed by atoms with Gasteiger partial charge in [-0.05, 0) is 42.4 Å². The molecule has 7 heteroatoms. The Balaban J connectivity index is 3.46. The number of amides is 2. The van der Waals surface area contributed by atoms with Gasteiger partial charge in [-0.25, -0.2) is 10.9 Å². The highest BCUT2D eigenvalue weighted by Gasteiger charge is 2.26. The maximum absolute atomic E-state index is 12.6. The minimum atomic E-state index is -0.611. The summed E-state index contributed by atoms with van der Waals surface area (Å²) in [6.45, 7) is 14.7. The van der Waals surface area contributed by atoms with Crippen LogP contribution in [0.25, 0.3) is 0 Å². The van der Waals surface area contributed by atoms with Crippen molar-refractivity contribution in [2.45, 2.75) is 68.2 Å². The van der Waals surface area contributed by atoms with Gasteiger partial charge in [0.05, 0.1) is 11.4 Å². The van der Waals surface area contributed by atoms with Crippen LogP contribution in [-0.4, -0.2) is 17.7 Å². The molecule has 0 bridgehead atoms. The minimum absolute atomic E-state index is 0.165. The number of benzene rings is 1. The van der Waals surface area contributed by atoms with Gasteiger partial charge in [0.2, 0.25) is 11.8 Å². The molecule has 0 spiro atoms. The SMILES string of the molecule is CCC(C)(C)C(=O)Nc1cc(N=C([O-])C(C)(C)CC)cc(N(N)C(=O)C(C)C)c1. The van der Waals surface area contributed by atoms with Crippen LogP contribution in [0.1, 0.15) is 68.2 Å². The van der Waals surface area contributed by atoms with Crippen LogP contribution < -0.4 is 21.3 Å². The first kappa shape index (κ1) is 24.6. The molecule has 2 amide bonds. The molecule has 0 saturated carbocycles. The number of nitrogens with two attached hydrogens (primary N) is 1. The molecule has 0 aliphatic heterocycles. The lowest BCUT2D eigenvalue weighted by molar-refractivity contribution is -0.229. The zero-order chi connectivity index (χ0) is 22.6. The number of rotatable bonds is 8. The molecule has 1 rings (SSSR count). The van der Waals surface area contributed by atoms with Crippen molar-refractivity contribution in [2.24, 2.45) is 27.6 Å². The number of carbonyl (C=O) groups excluding carboxylic acids is 2. The molecule has 3 N–H and O–H groups in total. The summed E-state index contributed by atoms with van der Waals surface area (Å²) in [6, 6.07) is 4.80. The zero-order valence-corrected chi connectivity index (χ0v) is 18.9. The van der Waals surface area contributed by atoms with E-state index in [0.717, 1.165) is 5.01 Å². The Morgan fingerprint density at radius 1 is 1.10 bits per heavy atom. The van der Waals surface area contributed by atoms with Gasteiger partial charge in [0.1, 0.15) is 0 Å². The lowest BCUT2D eigenvalue weighted by Gasteiger charge is -2.29. The van der Waals surface area contributed by atoms with Crippen molar-refractivity contribution < 1.29 is 14.7 Å². The van der Waals surface area contributed by atoms with Crippen molar-refractivity contribution >= 4 is 34.8 Å². The highest BCUT2D eigenvalue weighted by molar-refractivity contribution is 5.98. The van der Waals surface area contributed by atoms with E-state index in [0.29, 0.717) is 29.9 Å². The van der Waals surface area contributed by atoms with Gasteiger partial charge in [0, 0.05) is 17.0 Å². The molecule has 0 aromatic heterocycles. The van der Waals surface area contributed by atoms with Crippen LogP contribution in [0.2, 0.25) is 0 Å². The molecule has 1 aromatic carbocycles. The number of nitrogens with zero attached hydrogens (tertiary/aromatic N) is 2. The fourth-order valence-electron chi connectivity index (χ4n) is 2.16. The first-order chi connectivity index (χ1) is 13.2. The third-order valence-electron chi connectivity index (χ3n) is 5.36. The summed E-state index contributed by atoms with van der Waals surface area (Å²) in [5.74, 6) is 4.98. The monoisotopic (exact) mass is 403 g/mol. The predicted molar refractivity (Wildman–Crippen MR) is 117 cm³/mol. The second-order valence-corrected chi connectivity index (χ2v) is 8.95. The molecule has 0 unspecified atom stereocenters. The number of hydrazine groups is 1. The van der Waals surface area contributed by atoms with Crippen molar-refractivity contribution in [1.29, 1.82) is 0 Å². The highest BCUT2D eigenvalue weighted by atomic mass is 16.3. The molecule has 0 aliphatic rings. The number of hydrogen-bond donors (Lipinski definition) is 2. The Hall–Kier alpha value is -2.41. The summed E-state index contributed by atoms with van der Waals surface area (Å²) in [7, 11) is 0. The molecular formula is C22H35N4O3-. The van der Waals surface area contributed by atoms with E-state index in [1.165, 1.54) is 0 Å². The first-order valence-electron chi connectivity index (χ1n) is 10.1. The van der Waals surface area contributed by atoms with Crippen LogP contribution >= 0.6 is 0 Å². The van der Waals surface area contributed by atoms with Gasteiger partial charge in [0.15, 0.2) is 0 Å². The Morgan fingerprint density at radius 3 is 2.14 bits per heavy atom. The third kappa shape index (κ3) is 6.29. The Morgan fingerprint density at radius 2 is 1.66 bits per heavy atom. The molecule has 162 valence electrons. The zero-order valence-electron chi connectivity index (χ0n) is 18.9. The fourth-order valence-corrected chi connectivity index (χ4v) is 2.16. The van der Waals surface area contributed by atoms with Gasteiger partial charge in [-0.3, -0.25) is 14.6 Å². The molecule has 0 saturated heterocycles. The van der Waals surface area contributed by atoms with Gasteiger partial charge < -0.3 is 10.4 Å². The number of carbonyl (C=O) groups is 2. The van der Waals surface area contributed by atoms with Crippen molar-refractivity contribution in [3.63, 3.8) is 0 Å². The molecule has 0 atom stereocenters. The first-order valence-corrected chi connectivity index (χ1v) is 10.1. The molecule has 0 radical (unpaired) electrons. The largest absolute Gasteiger partial charge is 0.861 e. The Bertz CT molecular complexity index is 782. The molecule has 0 heterocycles. The standard InChI is InChI=1S/C22H36N4O3/c1-9-21(5,6)19(28)24-15-11-16(25-20(29)22(7,8)10-2)13-17(12-15)26(23)18(27)14(3)4/h11-14H,9-10,23H2,1-8H3,(H,24,28)(H,25,29)/p-1. The second-order valence-electron chi connectivity index (χ2n) is 8.95. The van der Waals surface area contributed by atoms with Crippen molar-refractivity contribution in [2.75, 3.05) is 10.3 Å². The van der Waals surface area contributed by atoms with Crippen LogP contribution in [0.15, 0.2) is 23.2 Å². The lowest BCUT2D eigenvalue weighted by Crippen LogP contribution is -2.40. The molecule has 1 aromatic rings. The number of aliphatic imine (C=N–C) groups is 1. The van der Waals surface area contributed by atoms with Crippen LogP contribution in [0, 0.1) is 16.7 Å². The van der Waals surface area contributed by atoms with Crippen LogP contribution in [0.5, 0.6) is 0 Å². The van der Waals surface area contributed by atoms with E-state index >= 15 is 0 Å². The number of nitrogens with one attached hydrogen (secondary N) is 1. The van der Waals surface area contributed by atoms with E-state index in [-0.39, 0.29) is 23.6 Å². The highest BCUT2D eigenvalue weighted by Crippen LogP contribution is 2.31. The lowest BCUT2D eigenvalue weighted by atomic mass is 9.89. The summed E-state index contributed by atoms with van der Waals surface area (Å²) >= 11 is 0. The molecule has 0 aliphatic carbocycles. The average Bonchev–Trinajstić information content (AvgIpc) is 2.66. The van der Waals surface area contributed by atoms with E-state index in [2.05, 4.69) is 10.3 Å². The van der Waals surface area contributed by atoms with Crippen molar-refractivity contribution in [1.82, 2.24) is 0 Å². The van der Waals surface area contributed by atoms with Crippen LogP contribution in [0.3, 0.4) is 0 Å². The molecule has 7 nitrogen and oxygen atoms in total. The van der Waals surface area contributed by atoms with Gasteiger partial charge >= 0.3 is 0 Å². The summed E-state index contributed by atoms with van der Waals surface area (Å²) in [4.78, 5) is 29.2.